The van der Waals surface area contributed by atoms with Gasteiger partial charge in [-0.05, 0) is 5.92 Å². The van der Waals surface area contributed by atoms with Crippen LogP contribution < -0.4 is 0 Å². The monoisotopic (exact) mass is 118 g/mol. The fourth-order valence-electron chi connectivity index (χ4n) is 0.341. The Morgan fingerprint density at radius 3 is 1.86 bits per heavy atom. The zero-order chi connectivity index (χ0) is 5.86. The largest absolute Gasteiger partial charge is 0.176 e. The van der Waals surface area contributed by atoms with Crippen LogP contribution in [-0.2, 0) is 0 Å². The minimum atomic E-state index is 0.560. The average molecular weight is 118 g/mol. The minimum Gasteiger partial charge on any atom is -0.176 e. The maximum Gasteiger partial charge on any atom is 0.00140 e. The van der Waals surface area contributed by atoms with Crippen LogP contribution in [0.1, 0.15) is 27.2 Å². The molecule has 0 aromatic carbocycles. The van der Waals surface area contributed by atoms with E-state index in [2.05, 4.69) is 33.4 Å². The molecule has 0 unspecified atom stereocenters. The van der Waals surface area contributed by atoms with E-state index in [1.165, 1.54) is 6.42 Å². The molecule has 0 aliphatic rings. The summed E-state index contributed by atoms with van der Waals surface area (Å²) in [5, 5.41) is 0.560. The predicted molar refractivity (Wildman–Crippen MR) is 37.9 cm³/mol. The highest BCUT2D eigenvalue weighted by Crippen LogP contribution is 2.11. The Morgan fingerprint density at radius 1 is 1.43 bits per heavy atom. The van der Waals surface area contributed by atoms with Crippen molar-refractivity contribution in [1.29, 1.82) is 0 Å². The van der Waals surface area contributed by atoms with Gasteiger partial charge in [0.2, 0.25) is 0 Å². The van der Waals surface area contributed by atoms with Crippen LogP contribution in [0.4, 0.5) is 0 Å². The molecule has 0 heterocycles. The van der Waals surface area contributed by atoms with Gasteiger partial charge in [0, 0.05) is 5.25 Å². The van der Waals surface area contributed by atoms with Crippen molar-refractivity contribution in [2.75, 3.05) is 0 Å². The van der Waals surface area contributed by atoms with E-state index >= 15 is 0 Å². The first-order chi connectivity index (χ1) is 3.18. The quantitative estimate of drug-likeness (QED) is 0.529. The zero-order valence-electron chi connectivity index (χ0n) is 5.31. The molecule has 0 N–H and O–H groups in total. The normalized spacial score (nSPS) is 18.9. The first kappa shape index (κ1) is 7.35. The Labute approximate surface area is 51.7 Å². The van der Waals surface area contributed by atoms with E-state index in [9.17, 15) is 0 Å². The van der Waals surface area contributed by atoms with Crippen molar-refractivity contribution in [3.63, 3.8) is 0 Å². The van der Waals surface area contributed by atoms with Gasteiger partial charge in [0.1, 0.15) is 0 Å². The van der Waals surface area contributed by atoms with Crippen LogP contribution in [0.3, 0.4) is 0 Å². The summed E-state index contributed by atoms with van der Waals surface area (Å²) >= 11 is 4.27. The predicted octanol–water partition coefficient (Wildman–Crippen LogP) is 2.35. The second kappa shape index (κ2) is 3.36. The maximum absolute atomic E-state index is 4.27. The second-order valence-electron chi connectivity index (χ2n) is 2.13. The van der Waals surface area contributed by atoms with E-state index in [1.807, 2.05) is 0 Å². The van der Waals surface area contributed by atoms with Gasteiger partial charge in [-0.25, -0.2) is 0 Å². The van der Waals surface area contributed by atoms with Gasteiger partial charge >= 0.3 is 0 Å². The zero-order valence-corrected chi connectivity index (χ0v) is 6.20. The number of rotatable bonds is 2. The van der Waals surface area contributed by atoms with Crippen molar-refractivity contribution in [1.82, 2.24) is 0 Å². The van der Waals surface area contributed by atoms with Gasteiger partial charge < -0.3 is 0 Å². The molecule has 0 aliphatic carbocycles. The molecule has 0 saturated carbocycles. The van der Waals surface area contributed by atoms with E-state index in [1.54, 1.807) is 0 Å². The SMILES string of the molecule is CC[C@@H](C)[C@H](C)S. The lowest BCUT2D eigenvalue weighted by Gasteiger charge is -2.09. The van der Waals surface area contributed by atoms with Crippen molar-refractivity contribution in [3.05, 3.63) is 0 Å². The fraction of sp³-hybridized carbons (Fsp3) is 1.00. The van der Waals surface area contributed by atoms with Crippen molar-refractivity contribution < 1.29 is 0 Å². The van der Waals surface area contributed by atoms with Crippen molar-refractivity contribution >= 4 is 12.6 Å². The summed E-state index contributed by atoms with van der Waals surface area (Å²) in [4.78, 5) is 0. The molecule has 0 bridgehead atoms. The molecule has 1 heteroatoms. The summed E-state index contributed by atoms with van der Waals surface area (Å²) in [6.07, 6.45) is 1.24. The van der Waals surface area contributed by atoms with E-state index in [4.69, 9.17) is 0 Å². The molecule has 44 valence electrons. The van der Waals surface area contributed by atoms with Crippen LogP contribution in [0.2, 0.25) is 0 Å². The molecule has 0 nitrogen and oxygen atoms in total. The third-order valence-electron chi connectivity index (χ3n) is 1.47. The van der Waals surface area contributed by atoms with Gasteiger partial charge in [-0.1, -0.05) is 27.2 Å². The topological polar surface area (TPSA) is 0 Å². The highest BCUT2D eigenvalue weighted by atomic mass is 32.1. The van der Waals surface area contributed by atoms with E-state index < -0.39 is 0 Å². The standard InChI is InChI=1S/C6H14S/c1-4-5(2)6(3)7/h5-7H,4H2,1-3H3/t5-,6+/m1/s1. The summed E-state index contributed by atoms with van der Waals surface area (Å²) in [6.45, 7) is 6.55. The first-order valence-corrected chi connectivity index (χ1v) is 3.38. The second-order valence-corrected chi connectivity index (χ2v) is 2.94. The Hall–Kier alpha value is 0.350. The summed E-state index contributed by atoms with van der Waals surface area (Å²) < 4.78 is 0. The molecule has 0 aromatic rings. The van der Waals surface area contributed by atoms with E-state index in [0.717, 1.165) is 5.92 Å². The molecule has 0 amide bonds. The molecule has 0 saturated heterocycles. The number of hydrogen-bond acceptors (Lipinski definition) is 1. The summed E-state index contributed by atoms with van der Waals surface area (Å²) in [5.41, 5.74) is 0. The van der Waals surface area contributed by atoms with Crippen molar-refractivity contribution in [3.8, 4) is 0 Å². The molecule has 0 aliphatic heterocycles. The van der Waals surface area contributed by atoms with Gasteiger partial charge in [0.15, 0.2) is 0 Å². The highest BCUT2D eigenvalue weighted by molar-refractivity contribution is 7.80. The summed E-state index contributed by atoms with van der Waals surface area (Å²) in [6, 6.07) is 0. The minimum absolute atomic E-state index is 0.560. The Balaban J connectivity index is 3.14. The third-order valence-corrected chi connectivity index (χ3v) is 1.98. The molecule has 0 spiro atoms. The molecule has 0 fully saturated rings. The van der Waals surface area contributed by atoms with Crippen LogP contribution in [0.25, 0.3) is 0 Å². The number of hydrogen-bond donors (Lipinski definition) is 1. The Morgan fingerprint density at radius 2 is 1.86 bits per heavy atom. The molecule has 2 atom stereocenters. The Bertz CT molecular complexity index is 41.4. The molecule has 0 rings (SSSR count). The Kier molecular flexibility index (Phi) is 3.53. The van der Waals surface area contributed by atoms with Gasteiger partial charge in [-0.2, -0.15) is 12.6 Å². The molecular formula is C6H14S. The van der Waals surface area contributed by atoms with Crippen LogP contribution in [0, 0.1) is 5.92 Å². The molecule has 0 radical (unpaired) electrons. The molecular weight excluding hydrogens is 104 g/mol. The highest BCUT2D eigenvalue weighted by Gasteiger charge is 2.02. The summed E-state index contributed by atoms with van der Waals surface area (Å²) in [7, 11) is 0. The fourth-order valence-corrected chi connectivity index (χ4v) is 0.552. The van der Waals surface area contributed by atoms with E-state index in [-0.39, 0.29) is 0 Å². The lowest BCUT2D eigenvalue weighted by atomic mass is 10.1. The third kappa shape index (κ3) is 2.98. The van der Waals surface area contributed by atoms with Crippen molar-refractivity contribution in [2.24, 2.45) is 5.92 Å². The van der Waals surface area contributed by atoms with Crippen LogP contribution in [-0.4, -0.2) is 5.25 Å². The molecule has 0 aromatic heterocycles. The van der Waals surface area contributed by atoms with Crippen LogP contribution >= 0.6 is 12.6 Å². The number of thiol groups is 1. The van der Waals surface area contributed by atoms with Crippen LogP contribution in [0.15, 0.2) is 0 Å². The summed E-state index contributed by atoms with van der Waals surface area (Å²) in [5.74, 6) is 0.767. The smallest absolute Gasteiger partial charge is 0.00140 e. The van der Waals surface area contributed by atoms with Gasteiger partial charge in [-0.15, -0.1) is 0 Å². The maximum atomic E-state index is 4.27. The van der Waals surface area contributed by atoms with Crippen LogP contribution in [0.5, 0.6) is 0 Å². The average Bonchev–Trinajstić information content (AvgIpc) is 1.65. The van der Waals surface area contributed by atoms with Gasteiger partial charge in [0.05, 0.1) is 0 Å². The van der Waals surface area contributed by atoms with Crippen molar-refractivity contribution in [2.45, 2.75) is 32.4 Å². The van der Waals surface area contributed by atoms with Gasteiger partial charge in [-0.3, -0.25) is 0 Å². The first-order valence-electron chi connectivity index (χ1n) is 2.86. The van der Waals surface area contributed by atoms with Gasteiger partial charge in [0.25, 0.3) is 0 Å². The lowest BCUT2D eigenvalue weighted by Crippen LogP contribution is -2.04. The lowest BCUT2D eigenvalue weighted by molar-refractivity contribution is 0.560. The molecule has 7 heavy (non-hydrogen) atoms. The van der Waals surface area contributed by atoms with E-state index in [0.29, 0.717) is 5.25 Å².